The Morgan fingerprint density at radius 3 is 1.91 bits per heavy atom. The Hall–Kier alpha value is -4.02. The minimum Gasteiger partial charge on any atom is -0.479 e. The lowest BCUT2D eigenvalue weighted by Crippen LogP contribution is -2.55. The molecule has 2 unspecified atom stereocenters. The molecule has 0 aliphatic carbocycles. The van der Waals surface area contributed by atoms with Crippen molar-refractivity contribution < 1.29 is 33.9 Å². The summed E-state index contributed by atoms with van der Waals surface area (Å²) in [5.41, 5.74) is 0.344. The summed E-state index contributed by atoms with van der Waals surface area (Å²) in [6.07, 6.45) is 6.48. The van der Waals surface area contributed by atoms with Gasteiger partial charge in [0, 0.05) is 5.92 Å². The molecule has 45 heavy (non-hydrogen) atoms. The van der Waals surface area contributed by atoms with E-state index in [1.807, 2.05) is 33.8 Å². The fourth-order valence-electron chi connectivity index (χ4n) is 4.66. The average Bonchev–Trinajstić information content (AvgIpc) is 2.97. The highest BCUT2D eigenvalue weighted by Gasteiger charge is 2.32. The number of nitrogens with one attached hydrogen (secondary N) is 4. The summed E-state index contributed by atoms with van der Waals surface area (Å²) < 4.78 is 0. The number of carbonyl (C=O) groups excluding carboxylic acids is 5. The molecular formula is C34H52N4O7. The van der Waals surface area contributed by atoms with Crippen LogP contribution < -0.4 is 21.3 Å². The third kappa shape index (κ3) is 14.5. The SMILES string of the molecule is CCCC(NC(=O)[C@H](CC(C)C)NC(=O)C(C/C=C/CC(C)C)C(C)C)C(=O)C(=O)NCC(=O)N[C@H](C(=O)O)c1ccccc1. The van der Waals surface area contributed by atoms with Gasteiger partial charge in [-0.1, -0.05) is 97.4 Å². The number of carboxylic acid groups (broad SMARTS) is 1. The summed E-state index contributed by atoms with van der Waals surface area (Å²) in [6.45, 7) is 13.1. The zero-order valence-corrected chi connectivity index (χ0v) is 27.7. The van der Waals surface area contributed by atoms with Crippen molar-refractivity contribution in [1.29, 1.82) is 0 Å². The van der Waals surface area contributed by atoms with E-state index in [-0.39, 0.29) is 30.1 Å². The topological polar surface area (TPSA) is 171 Å². The number of ketones is 1. The zero-order chi connectivity index (χ0) is 34.1. The molecule has 0 heterocycles. The van der Waals surface area contributed by atoms with Crippen LogP contribution in [-0.2, 0) is 28.8 Å². The van der Waals surface area contributed by atoms with Gasteiger partial charge in [-0.25, -0.2) is 4.79 Å². The molecule has 0 aliphatic rings. The monoisotopic (exact) mass is 628 g/mol. The average molecular weight is 629 g/mol. The van der Waals surface area contributed by atoms with Crippen LogP contribution in [0.15, 0.2) is 42.5 Å². The number of hydrogen-bond acceptors (Lipinski definition) is 6. The van der Waals surface area contributed by atoms with E-state index in [1.165, 1.54) is 0 Å². The maximum atomic E-state index is 13.4. The first-order chi connectivity index (χ1) is 21.2. The van der Waals surface area contributed by atoms with E-state index in [0.29, 0.717) is 30.7 Å². The van der Waals surface area contributed by atoms with Crippen molar-refractivity contribution in [1.82, 2.24) is 21.3 Å². The molecule has 0 fully saturated rings. The summed E-state index contributed by atoms with van der Waals surface area (Å²) in [5.74, 6) is -4.69. The molecule has 11 nitrogen and oxygen atoms in total. The predicted octanol–water partition coefficient (Wildman–Crippen LogP) is 3.69. The Labute approximate surface area is 267 Å². The predicted molar refractivity (Wildman–Crippen MR) is 173 cm³/mol. The summed E-state index contributed by atoms with van der Waals surface area (Å²) in [6, 6.07) is 4.63. The van der Waals surface area contributed by atoms with Gasteiger partial charge in [0.05, 0.1) is 12.6 Å². The van der Waals surface area contributed by atoms with Crippen LogP contribution in [0.4, 0.5) is 0 Å². The molecule has 5 N–H and O–H groups in total. The zero-order valence-electron chi connectivity index (χ0n) is 27.7. The summed E-state index contributed by atoms with van der Waals surface area (Å²) in [4.78, 5) is 76.5. The Morgan fingerprint density at radius 2 is 1.38 bits per heavy atom. The van der Waals surface area contributed by atoms with Crippen LogP contribution in [0.3, 0.4) is 0 Å². The smallest absolute Gasteiger partial charge is 0.330 e. The van der Waals surface area contributed by atoms with Gasteiger partial charge in [-0.15, -0.1) is 0 Å². The van der Waals surface area contributed by atoms with Gasteiger partial charge in [-0.2, -0.15) is 0 Å². The number of benzene rings is 1. The van der Waals surface area contributed by atoms with E-state index in [2.05, 4.69) is 41.2 Å². The van der Waals surface area contributed by atoms with E-state index in [4.69, 9.17) is 0 Å². The second kappa shape index (κ2) is 20.1. The van der Waals surface area contributed by atoms with Gasteiger partial charge in [0.25, 0.3) is 5.91 Å². The van der Waals surface area contributed by atoms with Gasteiger partial charge in [0.1, 0.15) is 6.04 Å². The minimum absolute atomic E-state index is 0.0326. The number of allylic oxidation sites excluding steroid dienone is 2. The quantitative estimate of drug-likeness (QED) is 0.108. The minimum atomic E-state index is -1.34. The summed E-state index contributed by atoms with van der Waals surface area (Å²) >= 11 is 0. The standard InChI is InChI=1S/C34H52N4O7/c1-8-14-26(30(40)33(43)35-20-28(39)38-29(34(44)45)24-16-10-9-11-17-24)36-32(42)27(19-22(4)5)37-31(41)25(23(6)7)18-13-12-15-21(2)3/h9-13,16-17,21-23,25-27,29H,8,14-15,18-20H2,1-7H3,(H,35,43)(H,36,42)(H,37,41)(H,38,39)(H,44,45)/b13-12+/t25?,26?,27-,29-/m0/s1. The largest absolute Gasteiger partial charge is 0.479 e. The van der Waals surface area contributed by atoms with Crippen molar-refractivity contribution in [3.63, 3.8) is 0 Å². The molecule has 1 aromatic rings. The number of aliphatic carboxylic acids is 1. The molecule has 0 saturated carbocycles. The first-order valence-corrected chi connectivity index (χ1v) is 15.8. The third-order valence-corrected chi connectivity index (χ3v) is 7.17. The number of carboxylic acids is 1. The summed E-state index contributed by atoms with van der Waals surface area (Å²) in [5, 5.41) is 19.6. The number of carbonyl (C=O) groups is 6. The van der Waals surface area contributed by atoms with Crippen LogP contribution in [0.5, 0.6) is 0 Å². The fourth-order valence-corrected chi connectivity index (χ4v) is 4.66. The molecule has 11 heteroatoms. The Bertz CT molecular complexity index is 1160. The normalized spacial score (nSPS) is 14.1. The molecule has 0 spiro atoms. The molecule has 250 valence electrons. The van der Waals surface area contributed by atoms with Crippen molar-refractivity contribution in [2.75, 3.05) is 6.54 Å². The highest BCUT2D eigenvalue weighted by atomic mass is 16.4. The maximum absolute atomic E-state index is 13.4. The van der Waals surface area contributed by atoms with Gasteiger partial charge in [-0.05, 0) is 49.0 Å². The van der Waals surface area contributed by atoms with Crippen molar-refractivity contribution >= 4 is 35.4 Å². The number of Topliss-reactive ketones (excluding diaryl/α,β-unsaturated/α-hetero) is 1. The van der Waals surface area contributed by atoms with E-state index in [9.17, 15) is 33.9 Å². The van der Waals surface area contributed by atoms with Crippen LogP contribution in [0.25, 0.3) is 0 Å². The Kier molecular flexibility index (Phi) is 17.4. The molecule has 0 saturated heterocycles. The van der Waals surface area contributed by atoms with E-state index < -0.39 is 54.1 Å². The first-order valence-electron chi connectivity index (χ1n) is 15.8. The van der Waals surface area contributed by atoms with E-state index >= 15 is 0 Å². The molecule has 0 aromatic heterocycles. The van der Waals surface area contributed by atoms with Gasteiger partial charge in [0.2, 0.25) is 23.5 Å². The Balaban J connectivity index is 2.91. The van der Waals surface area contributed by atoms with Crippen molar-refractivity contribution in [3.8, 4) is 0 Å². The lowest BCUT2D eigenvalue weighted by Gasteiger charge is -2.26. The van der Waals surface area contributed by atoms with Gasteiger partial charge < -0.3 is 26.4 Å². The molecule has 4 amide bonds. The van der Waals surface area contributed by atoms with E-state index in [1.54, 1.807) is 37.3 Å². The molecule has 1 aromatic carbocycles. The fraction of sp³-hybridized carbons (Fsp3) is 0.588. The van der Waals surface area contributed by atoms with Crippen LogP contribution in [0, 0.1) is 23.7 Å². The van der Waals surface area contributed by atoms with Crippen molar-refractivity contribution in [3.05, 3.63) is 48.0 Å². The molecular weight excluding hydrogens is 576 g/mol. The molecule has 4 atom stereocenters. The molecule has 0 aliphatic heterocycles. The molecule has 1 rings (SSSR count). The van der Waals surface area contributed by atoms with Crippen LogP contribution in [0.2, 0.25) is 0 Å². The summed E-state index contributed by atoms with van der Waals surface area (Å²) in [7, 11) is 0. The molecule has 0 bridgehead atoms. The lowest BCUT2D eigenvalue weighted by molar-refractivity contribution is -0.142. The second-order valence-corrected chi connectivity index (χ2v) is 12.5. The van der Waals surface area contributed by atoms with Crippen LogP contribution in [-0.4, -0.2) is 59.1 Å². The third-order valence-electron chi connectivity index (χ3n) is 7.17. The highest BCUT2D eigenvalue weighted by Crippen LogP contribution is 2.18. The number of hydrogen-bond donors (Lipinski definition) is 5. The van der Waals surface area contributed by atoms with E-state index in [0.717, 1.165) is 6.42 Å². The number of rotatable bonds is 20. The highest BCUT2D eigenvalue weighted by molar-refractivity contribution is 6.38. The van der Waals surface area contributed by atoms with Crippen LogP contribution >= 0.6 is 0 Å². The lowest BCUT2D eigenvalue weighted by atomic mass is 9.90. The van der Waals surface area contributed by atoms with Crippen molar-refractivity contribution in [2.24, 2.45) is 23.7 Å². The van der Waals surface area contributed by atoms with Gasteiger partial charge >= 0.3 is 5.97 Å². The van der Waals surface area contributed by atoms with Gasteiger partial charge in [-0.3, -0.25) is 24.0 Å². The van der Waals surface area contributed by atoms with Crippen molar-refractivity contribution in [2.45, 2.75) is 98.7 Å². The Morgan fingerprint density at radius 1 is 0.778 bits per heavy atom. The number of amides is 4. The van der Waals surface area contributed by atoms with Crippen LogP contribution in [0.1, 0.15) is 92.2 Å². The maximum Gasteiger partial charge on any atom is 0.330 e. The first kappa shape index (κ1) is 39.0. The van der Waals surface area contributed by atoms with Gasteiger partial charge in [0.15, 0.2) is 6.04 Å². The molecule has 0 radical (unpaired) electrons. The second-order valence-electron chi connectivity index (χ2n) is 12.5.